The number of hydrogen-bond acceptors (Lipinski definition) is 3. The molecule has 0 bridgehead atoms. The Morgan fingerprint density at radius 3 is 2.85 bits per heavy atom. The van der Waals surface area contributed by atoms with E-state index in [2.05, 4.69) is 4.72 Å². The Labute approximate surface area is 78.0 Å². The Morgan fingerprint density at radius 2 is 2.31 bits per heavy atom. The molecule has 1 aromatic rings. The molecule has 0 fully saturated rings. The van der Waals surface area contributed by atoms with E-state index in [1.165, 1.54) is 6.26 Å². The summed E-state index contributed by atoms with van der Waals surface area (Å²) in [4.78, 5) is 0. The minimum Gasteiger partial charge on any atom is -0.468 e. The van der Waals surface area contributed by atoms with Gasteiger partial charge in [-0.2, -0.15) is 0 Å². The second kappa shape index (κ2) is 4.43. The molecule has 0 aliphatic rings. The summed E-state index contributed by atoms with van der Waals surface area (Å²) in [5, 5.41) is 0. The van der Waals surface area contributed by atoms with E-state index < -0.39 is 10.0 Å². The van der Waals surface area contributed by atoms with Gasteiger partial charge in [0.1, 0.15) is 5.76 Å². The van der Waals surface area contributed by atoms with E-state index in [0.29, 0.717) is 12.2 Å². The zero-order valence-electron chi connectivity index (χ0n) is 7.49. The zero-order chi connectivity index (χ0) is 9.73. The molecule has 1 rings (SSSR count). The molecule has 1 N–H and O–H groups in total. The molecule has 0 radical (unpaired) electrons. The molecule has 0 saturated heterocycles. The maximum absolute atomic E-state index is 11.2. The lowest BCUT2D eigenvalue weighted by Gasteiger charge is -2.02. The van der Waals surface area contributed by atoms with Crippen molar-refractivity contribution in [3.63, 3.8) is 0 Å². The van der Waals surface area contributed by atoms with Crippen molar-refractivity contribution in [2.24, 2.45) is 0 Å². The third kappa shape index (κ3) is 3.61. The molecule has 0 unspecified atom stereocenters. The Hall–Kier alpha value is -0.810. The van der Waals surface area contributed by atoms with Crippen LogP contribution in [0, 0.1) is 0 Å². The monoisotopic (exact) mass is 203 g/mol. The molecule has 0 saturated carbocycles. The summed E-state index contributed by atoms with van der Waals surface area (Å²) in [7, 11) is -3.12. The molecular weight excluding hydrogens is 190 g/mol. The fourth-order valence-electron chi connectivity index (χ4n) is 0.935. The highest BCUT2D eigenvalue weighted by atomic mass is 32.2. The molecule has 1 aromatic heterocycles. The fourth-order valence-corrected chi connectivity index (χ4v) is 1.98. The third-order valence-electron chi connectivity index (χ3n) is 1.52. The summed E-state index contributed by atoms with van der Waals surface area (Å²) in [6, 6.07) is 3.46. The summed E-state index contributed by atoms with van der Waals surface area (Å²) in [6.45, 7) is 2.06. The van der Waals surface area contributed by atoms with Crippen molar-refractivity contribution in [3.05, 3.63) is 24.2 Å². The van der Waals surface area contributed by atoms with Crippen molar-refractivity contribution in [1.29, 1.82) is 0 Å². The van der Waals surface area contributed by atoms with Gasteiger partial charge in [0.25, 0.3) is 0 Å². The summed E-state index contributed by atoms with van der Waals surface area (Å²) in [5.74, 6) is 0.785. The first kappa shape index (κ1) is 10.3. The molecule has 0 aromatic carbocycles. The van der Waals surface area contributed by atoms with Crippen LogP contribution in [0.1, 0.15) is 19.1 Å². The van der Waals surface area contributed by atoms with Crippen molar-refractivity contribution >= 4 is 10.0 Å². The van der Waals surface area contributed by atoms with Crippen LogP contribution in [0.25, 0.3) is 0 Å². The number of rotatable bonds is 5. The molecule has 4 nitrogen and oxygen atoms in total. The summed E-state index contributed by atoms with van der Waals surface area (Å²) >= 11 is 0. The van der Waals surface area contributed by atoms with Gasteiger partial charge in [-0.1, -0.05) is 6.92 Å². The van der Waals surface area contributed by atoms with Gasteiger partial charge < -0.3 is 4.42 Å². The number of nitrogens with one attached hydrogen (secondary N) is 1. The van der Waals surface area contributed by atoms with Crippen LogP contribution in [0.5, 0.6) is 0 Å². The Morgan fingerprint density at radius 1 is 1.54 bits per heavy atom. The van der Waals surface area contributed by atoms with E-state index in [1.54, 1.807) is 12.1 Å². The zero-order valence-corrected chi connectivity index (χ0v) is 8.30. The van der Waals surface area contributed by atoms with Crippen LogP contribution >= 0.6 is 0 Å². The molecule has 74 valence electrons. The largest absolute Gasteiger partial charge is 0.468 e. The standard InChI is InChI=1S/C8H13NO3S/c1-2-6-13(10,11)9-7-8-4-3-5-12-8/h3-5,9H,2,6-7H2,1H3. The van der Waals surface area contributed by atoms with E-state index in [4.69, 9.17) is 4.42 Å². The average Bonchev–Trinajstić information content (AvgIpc) is 2.52. The van der Waals surface area contributed by atoms with Crippen LogP contribution in [0.3, 0.4) is 0 Å². The van der Waals surface area contributed by atoms with Crippen molar-refractivity contribution in [2.45, 2.75) is 19.9 Å². The second-order valence-corrected chi connectivity index (χ2v) is 4.65. The highest BCUT2D eigenvalue weighted by Gasteiger charge is 2.08. The van der Waals surface area contributed by atoms with Crippen LogP contribution in [-0.2, 0) is 16.6 Å². The predicted molar refractivity (Wildman–Crippen MR) is 49.6 cm³/mol. The van der Waals surface area contributed by atoms with Gasteiger partial charge in [0.15, 0.2) is 0 Å². The lowest BCUT2D eigenvalue weighted by molar-refractivity contribution is 0.498. The molecule has 5 heteroatoms. The van der Waals surface area contributed by atoms with E-state index >= 15 is 0 Å². The van der Waals surface area contributed by atoms with Gasteiger partial charge in [0, 0.05) is 0 Å². The van der Waals surface area contributed by atoms with Gasteiger partial charge in [-0.3, -0.25) is 0 Å². The average molecular weight is 203 g/mol. The lowest BCUT2D eigenvalue weighted by atomic mass is 10.5. The quantitative estimate of drug-likeness (QED) is 0.779. The van der Waals surface area contributed by atoms with Gasteiger partial charge >= 0.3 is 0 Å². The van der Waals surface area contributed by atoms with Crippen molar-refractivity contribution < 1.29 is 12.8 Å². The maximum atomic E-state index is 11.2. The highest BCUT2D eigenvalue weighted by molar-refractivity contribution is 7.89. The molecule has 0 aliphatic heterocycles. The number of hydrogen-bond donors (Lipinski definition) is 1. The third-order valence-corrected chi connectivity index (χ3v) is 3.05. The summed E-state index contributed by atoms with van der Waals surface area (Å²) in [5.41, 5.74) is 0. The minimum absolute atomic E-state index is 0.160. The van der Waals surface area contributed by atoms with Gasteiger partial charge in [-0.25, -0.2) is 13.1 Å². The van der Waals surface area contributed by atoms with Crippen LogP contribution in [-0.4, -0.2) is 14.2 Å². The molecule has 0 spiro atoms. The fraction of sp³-hybridized carbons (Fsp3) is 0.500. The molecular formula is C8H13NO3S. The van der Waals surface area contributed by atoms with E-state index in [0.717, 1.165) is 0 Å². The topological polar surface area (TPSA) is 59.3 Å². The van der Waals surface area contributed by atoms with Gasteiger partial charge in [-0.15, -0.1) is 0 Å². The van der Waals surface area contributed by atoms with Gasteiger partial charge in [0.2, 0.25) is 10.0 Å². The normalized spacial score (nSPS) is 11.8. The highest BCUT2D eigenvalue weighted by Crippen LogP contribution is 2.00. The number of furan rings is 1. The Balaban J connectivity index is 2.43. The van der Waals surface area contributed by atoms with Crippen LogP contribution in [0.2, 0.25) is 0 Å². The first-order valence-electron chi connectivity index (χ1n) is 4.14. The first-order chi connectivity index (χ1) is 6.14. The predicted octanol–water partition coefficient (Wildman–Crippen LogP) is 1.11. The summed E-state index contributed by atoms with van der Waals surface area (Å²) < 4.78 is 29.8. The molecule has 13 heavy (non-hydrogen) atoms. The van der Waals surface area contributed by atoms with Crippen LogP contribution < -0.4 is 4.72 Å². The molecule has 1 heterocycles. The van der Waals surface area contributed by atoms with Crippen LogP contribution in [0.4, 0.5) is 0 Å². The number of sulfonamides is 1. The second-order valence-electron chi connectivity index (χ2n) is 2.72. The van der Waals surface area contributed by atoms with Gasteiger partial charge in [0.05, 0.1) is 18.6 Å². The van der Waals surface area contributed by atoms with Gasteiger partial charge in [-0.05, 0) is 18.6 Å². The molecule has 0 amide bonds. The smallest absolute Gasteiger partial charge is 0.211 e. The van der Waals surface area contributed by atoms with E-state index in [1.807, 2.05) is 6.92 Å². The molecule has 0 aliphatic carbocycles. The van der Waals surface area contributed by atoms with Crippen molar-refractivity contribution in [1.82, 2.24) is 4.72 Å². The van der Waals surface area contributed by atoms with E-state index in [9.17, 15) is 8.42 Å². The Bertz CT molecular complexity index is 328. The van der Waals surface area contributed by atoms with E-state index in [-0.39, 0.29) is 12.3 Å². The minimum atomic E-state index is -3.12. The maximum Gasteiger partial charge on any atom is 0.211 e. The van der Waals surface area contributed by atoms with Crippen molar-refractivity contribution in [3.8, 4) is 0 Å². The first-order valence-corrected chi connectivity index (χ1v) is 5.79. The van der Waals surface area contributed by atoms with Crippen LogP contribution in [0.15, 0.2) is 22.8 Å². The summed E-state index contributed by atoms with van der Waals surface area (Å²) in [6.07, 6.45) is 2.14. The lowest BCUT2D eigenvalue weighted by Crippen LogP contribution is -2.25. The SMILES string of the molecule is CCCS(=O)(=O)NCc1ccco1. The Kier molecular flexibility index (Phi) is 3.50. The molecule has 0 atom stereocenters. The van der Waals surface area contributed by atoms with Crippen molar-refractivity contribution in [2.75, 3.05) is 5.75 Å².